The predicted molar refractivity (Wildman–Crippen MR) is 158 cm³/mol. The van der Waals surface area contributed by atoms with E-state index in [2.05, 4.69) is 90.1 Å². The second-order valence-electron chi connectivity index (χ2n) is 14.1. The molecule has 2 saturated carbocycles. The summed E-state index contributed by atoms with van der Waals surface area (Å²) in [5, 5.41) is 4.16. The molecular formula is C33H45NO5Si. The van der Waals surface area contributed by atoms with Crippen molar-refractivity contribution in [2.24, 2.45) is 16.7 Å². The Kier molecular flexibility index (Phi) is 6.67. The zero-order chi connectivity index (χ0) is 28.6. The van der Waals surface area contributed by atoms with E-state index in [1.54, 1.807) is 0 Å². The van der Waals surface area contributed by atoms with Crippen LogP contribution in [0, 0.1) is 16.7 Å². The van der Waals surface area contributed by atoms with Gasteiger partial charge in [-0.3, -0.25) is 4.84 Å². The Bertz CT molecular complexity index is 1210. The molecule has 2 aliphatic heterocycles. The van der Waals surface area contributed by atoms with Crippen LogP contribution in [-0.4, -0.2) is 56.5 Å². The lowest BCUT2D eigenvalue weighted by Gasteiger charge is -2.44. The molecule has 2 saturated heterocycles. The van der Waals surface area contributed by atoms with E-state index in [1.165, 1.54) is 16.8 Å². The van der Waals surface area contributed by atoms with Crippen molar-refractivity contribution in [1.82, 2.24) is 5.06 Å². The molecule has 7 heteroatoms. The van der Waals surface area contributed by atoms with Gasteiger partial charge in [-0.2, -0.15) is 5.06 Å². The number of carbonyl (C=O) groups is 1. The Morgan fingerprint density at radius 2 is 1.62 bits per heavy atom. The Morgan fingerprint density at radius 3 is 2.17 bits per heavy atom. The zero-order valence-corrected chi connectivity index (χ0v) is 26.1. The normalized spacial score (nSPS) is 34.6. The van der Waals surface area contributed by atoms with Crippen LogP contribution in [0.25, 0.3) is 0 Å². The van der Waals surface area contributed by atoms with Gasteiger partial charge in [-0.05, 0) is 46.5 Å². The van der Waals surface area contributed by atoms with Crippen LogP contribution in [0.1, 0.15) is 67.7 Å². The van der Waals surface area contributed by atoms with Gasteiger partial charge in [-0.1, -0.05) is 102 Å². The van der Waals surface area contributed by atoms with E-state index in [1.807, 2.05) is 24.1 Å². The highest BCUT2D eigenvalue weighted by atomic mass is 28.4. The summed E-state index contributed by atoms with van der Waals surface area (Å²) in [4.78, 5) is 20.6. The summed E-state index contributed by atoms with van der Waals surface area (Å²) in [7, 11) is -2.89. The molecule has 0 spiro atoms. The van der Waals surface area contributed by atoms with Gasteiger partial charge >= 0.3 is 5.97 Å². The lowest BCUT2D eigenvalue weighted by atomic mass is 9.70. The molecule has 0 unspecified atom stereocenters. The first-order valence-electron chi connectivity index (χ1n) is 15.0. The molecule has 0 aromatic heterocycles. The molecule has 4 aliphatic rings. The largest absolute Gasteiger partial charge is 0.464 e. The predicted octanol–water partition coefficient (Wildman–Crippen LogP) is 5.05. The molecule has 0 amide bonds. The van der Waals surface area contributed by atoms with E-state index in [9.17, 15) is 4.79 Å². The van der Waals surface area contributed by atoms with E-state index in [-0.39, 0.29) is 53.4 Å². The third-order valence-corrected chi connectivity index (χ3v) is 16.0. The summed E-state index contributed by atoms with van der Waals surface area (Å²) >= 11 is 0. The average Bonchev–Trinajstić information content (AvgIpc) is 3.57. The summed E-state index contributed by atoms with van der Waals surface area (Å²) in [6.07, 6.45) is 2.57. The second kappa shape index (κ2) is 9.50. The maximum atomic E-state index is 13.8. The third-order valence-electron chi connectivity index (χ3n) is 11.0. The van der Waals surface area contributed by atoms with Crippen molar-refractivity contribution < 1.29 is 23.5 Å². The van der Waals surface area contributed by atoms with Crippen molar-refractivity contribution in [3.8, 4) is 0 Å². The number of ether oxygens (including phenoxy) is 2. The SMILES string of the molecule is CCOC(=O)[C@@]1(CO[Si](c2ccccc2)(c2ccccc2)C(C)(C)C)C[C@@H]2O[C@@H]3[C@@H]([C@H]4CC[C@]3(C)C4(C)C)N2O1. The van der Waals surface area contributed by atoms with Gasteiger partial charge < -0.3 is 13.9 Å². The molecule has 216 valence electrons. The van der Waals surface area contributed by atoms with Crippen LogP contribution in [0.2, 0.25) is 5.04 Å². The number of nitrogens with zero attached hydrogens (tertiary/aromatic N) is 1. The van der Waals surface area contributed by atoms with Crippen LogP contribution in [0.3, 0.4) is 0 Å². The number of hydrogen-bond donors (Lipinski definition) is 0. The van der Waals surface area contributed by atoms with Gasteiger partial charge in [-0.25, -0.2) is 4.79 Å². The van der Waals surface area contributed by atoms with Crippen LogP contribution in [0.5, 0.6) is 0 Å². The molecule has 2 bridgehead atoms. The molecule has 0 N–H and O–H groups in total. The quantitative estimate of drug-likeness (QED) is 0.347. The number of carbonyl (C=O) groups excluding carboxylic acids is 1. The first kappa shape index (κ1) is 28.1. The summed E-state index contributed by atoms with van der Waals surface area (Å²) in [5.74, 6) is 0.0965. The number of rotatable bonds is 7. The molecule has 6 nitrogen and oxygen atoms in total. The van der Waals surface area contributed by atoms with E-state index >= 15 is 0 Å². The van der Waals surface area contributed by atoms with E-state index in [0.29, 0.717) is 12.3 Å². The fourth-order valence-electron chi connectivity index (χ4n) is 8.51. The highest BCUT2D eigenvalue weighted by molar-refractivity contribution is 6.99. The Balaban J connectivity index is 1.37. The lowest BCUT2D eigenvalue weighted by molar-refractivity contribution is -0.243. The standard InChI is InChI=1S/C33H45NO5Si/c1-8-36-29(35)33(21-26-34(39-33)27-25-19-20-32(7,28(27)38-26)31(25,5)6)22-37-40(30(2,3)4,23-15-11-9-12-16-23)24-17-13-10-14-18-24/h9-18,25-28H,8,19-22H2,1-7H3/t25-,26+,27-,28-,32+,33+/m1/s1. The Hall–Kier alpha value is -2.03. The van der Waals surface area contributed by atoms with Gasteiger partial charge in [-0.15, -0.1) is 0 Å². The molecular weight excluding hydrogens is 518 g/mol. The van der Waals surface area contributed by atoms with Crippen LogP contribution in [0.4, 0.5) is 0 Å². The van der Waals surface area contributed by atoms with Gasteiger partial charge in [0.1, 0.15) is 6.23 Å². The maximum absolute atomic E-state index is 13.8. The topological polar surface area (TPSA) is 57.2 Å². The smallest absolute Gasteiger partial charge is 0.343 e. The Morgan fingerprint density at radius 1 is 1.02 bits per heavy atom. The zero-order valence-electron chi connectivity index (χ0n) is 25.1. The average molecular weight is 564 g/mol. The molecule has 6 atom stereocenters. The monoisotopic (exact) mass is 563 g/mol. The van der Waals surface area contributed by atoms with Crippen LogP contribution < -0.4 is 10.4 Å². The number of hydrogen-bond acceptors (Lipinski definition) is 6. The highest BCUT2D eigenvalue weighted by Crippen LogP contribution is 2.70. The maximum Gasteiger partial charge on any atom is 0.343 e. The van der Waals surface area contributed by atoms with Gasteiger partial charge in [0.15, 0.2) is 0 Å². The number of benzene rings is 2. The lowest BCUT2D eigenvalue weighted by Crippen LogP contribution is -2.68. The number of fused-ring (bicyclic) bond motifs is 7. The second-order valence-corrected chi connectivity index (χ2v) is 18.4. The summed E-state index contributed by atoms with van der Waals surface area (Å²) < 4.78 is 19.7. The Labute approximate surface area is 240 Å². The van der Waals surface area contributed by atoms with Crippen molar-refractivity contribution >= 4 is 24.7 Å². The minimum Gasteiger partial charge on any atom is -0.464 e. The minimum absolute atomic E-state index is 0.105. The van der Waals surface area contributed by atoms with Gasteiger partial charge in [0.25, 0.3) is 8.32 Å². The van der Waals surface area contributed by atoms with Crippen LogP contribution in [-0.2, 0) is 23.5 Å². The van der Waals surface area contributed by atoms with Crippen LogP contribution >= 0.6 is 0 Å². The summed E-state index contributed by atoms with van der Waals surface area (Å²) in [5.41, 5.74) is -1.00. The fraction of sp³-hybridized carbons (Fsp3) is 0.606. The summed E-state index contributed by atoms with van der Waals surface area (Å²) in [6, 6.07) is 21.2. The number of hydroxylamine groups is 2. The third kappa shape index (κ3) is 3.77. The number of esters is 1. The van der Waals surface area contributed by atoms with E-state index in [0.717, 1.165) is 6.42 Å². The van der Waals surface area contributed by atoms with Gasteiger partial charge in [0.2, 0.25) is 5.60 Å². The molecule has 2 aromatic carbocycles. The first-order chi connectivity index (χ1) is 18.9. The molecule has 4 fully saturated rings. The van der Waals surface area contributed by atoms with Gasteiger partial charge in [0.05, 0.1) is 25.4 Å². The molecule has 0 radical (unpaired) electrons. The molecule has 2 aromatic rings. The van der Waals surface area contributed by atoms with Crippen molar-refractivity contribution in [2.75, 3.05) is 13.2 Å². The van der Waals surface area contributed by atoms with Crippen LogP contribution in [0.15, 0.2) is 60.7 Å². The van der Waals surface area contributed by atoms with Crippen molar-refractivity contribution in [2.45, 2.75) is 96.7 Å². The fourth-order valence-corrected chi connectivity index (χ4v) is 13.1. The molecule has 2 aliphatic carbocycles. The molecule has 40 heavy (non-hydrogen) atoms. The van der Waals surface area contributed by atoms with Crippen molar-refractivity contribution in [3.63, 3.8) is 0 Å². The molecule has 6 rings (SSSR count). The first-order valence-corrected chi connectivity index (χ1v) is 16.9. The summed E-state index contributed by atoms with van der Waals surface area (Å²) in [6.45, 7) is 16.1. The van der Waals surface area contributed by atoms with Crippen molar-refractivity contribution in [1.29, 1.82) is 0 Å². The van der Waals surface area contributed by atoms with E-state index in [4.69, 9.17) is 18.7 Å². The van der Waals surface area contributed by atoms with E-state index < -0.39 is 13.9 Å². The molecule has 2 heterocycles. The van der Waals surface area contributed by atoms with Gasteiger partial charge in [0, 0.05) is 11.8 Å². The van der Waals surface area contributed by atoms with Crippen molar-refractivity contribution in [3.05, 3.63) is 60.7 Å². The minimum atomic E-state index is -2.89. The highest BCUT2D eigenvalue weighted by Gasteiger charge is 2.74.